The lowest BCUT2D eigenvalue weighted by Crippen LogP contribution is -2.31. The number of methoxy groups -OCH3 is 1. The molecule has 2 aromatic carbocycles. The van der Waals surface area contributed by atoms with Gasteiger partial charge < -0.3 is 20.7 Å². The van der Waals surface area contributed by atoms with Gasteiger partial charge in [-0.25, -0.2) is 4.79 Å². The highest BCUT2D eigenvalue weighted by Gasteiger charge is 2.30. The first kappa shape index (κ1) is 20.1. The van der Waals surface area contributed by atoms with E-state index in [1.807, 2.05) is 0 Å². The number of benzene rings is 2. The number of halogens is 3. The molecule has 0 spiro atoms. The van der Waals surface area contributed by atoms with Crippen LogP contribution in [0.3, 0.4) is 0 Å². The van der Waals surface area contributed by atoms with Gasteiger partial charge in [-0.1, -0.05) is 6.07 Å². The molecule has 0 atom stereocenters. The molecule has 6 nitrogen and oxygen atoms in total. The molecular weight excluding hydrogens is 363 g/mol. The second-order valence-corrected chi connectivity index (χ2v) is 5.49. The van der Waals surface area contributed by atoms with Crippen LogP contribution in [0.5, 0.6) is 5.75 Å². The van der Waals surface area contributed by atoms with Crippen molar-refractivity contribution in [1.29, 1.82) is 0 Å². The third-order valence-corrected chi connectivity index (χ3v) is 3.46. The molecule has 2 rings (SSSR count). The predicted octanol–water partition coefficient (Wildman–Crippen LogP) is 3.86. The Morgan fingerprint density at radius 1 is 1.00 bits per heavy atom. The first-order chi connectivity index (χ1) is 12.8. The standard InChI is InChI=1S/C18H18F3N3O3/c1-27-15-7-5-13(6-8-15)24-17(26)22-10-9-16(25)23-14-4-2-3-12(11-14)18(19,20)21/h2-8,11H,9-10H2,1H3,(H,23,25)(H2,22,24,26). The summed E-state index contributed by atoms with van der Waals surface area (Å²) in [7, 11) is 1.53. The number of anilines is 2. The molecule has 0 saturated carbocycles. The number of rotatable bonds is 6. The van der Waals surface area contributed by atoms with Crippen LogP contribution in [0, 0.1) is 0 Å². The van der Waals surface area contributed by atoms with Crippen LogP contribution in [0.1, 0.15) is 12.0 Å². The Morgan fingerprint density at radius 3 is 2.33 bits per heavy atom. The quantitative estimate of drug-likeness (QED) is 0.711. The summed E-state index contributed by atoms with van der Waals surface area (Å²) in [5, 5.41) is 7.43. The Morgan fingerprint density at radius 2 is 1.70 bits per heavy atom. The summed E-state index contributed by atoms with van der Waals surface area (Å²) in [5.74, 6) is 0.131. The number of hydrogen-bond acceptors (Lipinski definition) is 3. The second kappa shape index (κ2) is 8.93. The van der Waals surface area contributed by atoms with Crippen molar-refractivity contribution < 1.29 is 27.5 Å². The number of alkyl halides is 3. The van der Waals surface area contributed by atoms with Crippen molar-refractivity contribution in [3.05, 3.63) is 54.1 Å². The summed E-state index contributed by atoms with van der Waals surface area (Å²) in [6, 6.07) is 10.5. The molecule has 0 aliphatic carbocycles. The maximum Gasteiger partial charge on any atom is 0.416 e. The molecule has 0 unspecified atom stereocenters. The van der Waals surface area contributed by atoms with Gasteiger partial charge >= 0.3 is 12.2 Å². The zero-order chi connectivity index (χ0) is 19.9. The summed E-state index contributed by atoms with van der Waals surface area (Å²) >= 11 is 0. The van der Waals surface area contributed by atoms with Gasteiger partial charge in [0.1, 0.15) is 5.75 Å². The zero-order valence-electron chi connectivity index (χ0n) is 14.4. The van der Waals surface area contributed by atoms with Gasteiger partial charge in [0, 0.05) is 24.3 Å². The van der Waals surface area contributed by atoms with Crippen molar-refractivity contribution in [3.63, 3.8) is 0 Å². The number of urea groups is 1. The summed E-state index contributed by atoms with van der Waals surface area (Å²) in [6.07, 6.45) is -4.58. The highest BCUT2D eigenvalue weighted by molar-refractivity contribution is 5.92. The van der Waals surface area contributed by atoms with Crippen LogP contribution in [0.4, 0.5) is 29.3 Å². The van der Waals surface area contributed by atoms with E-state index in [0.717, 1.165) is 12.1 Å². The normalized spacial score (nSPS) is 10.8. The number of carbonyl (C=O) groups is 2. The minimum absolute atomic E-state index is 0.0206. The van der Waals surface area contributed by atoms with Gasteiger partial charge in [0.05, 0.1) is 12.7 Å². The molecule has 0 aliphatic heterocycles. The van der Waals surface area contributed by atoms with Crippen LogP contribution >= 0.6 is 0 Å². The monoisotopic (exact) mass is 381 g/mol. The van der Waals surface area contributed by atoms with E-state index in [2.05, 4.69) is 16.0 Å². The Labute approximate surface area is 153 Å². The molecule has 0 radical (unpaired) electrons. The van der Waals surface area contributed by atoms with E-state index in [4.69, 9.17) is 4.74 Å². The second-order valence-electron chi connectivity index (χ2n) is 5.49. The molecule has 144 valence electrons. The van der Waals surface area contributed by atoms with Crippen LogP contribution in [0.15, 0.2) is 48.5 Å². The Bertz CT molecular complexity index is 792. The fourth-order valence-corrected chi connectivity index (χ4v) is 2.14. The van der Waals surface area contributed by atoms with Crippen LogP contribution < -0.4 is 20.7 Å². The number of nitrogens with one attached hydrogen (secondary N) is 3. The van der Waals surface area contributed by atoms with E-state index in [-0.39, 0.29) is 18.7 Å². The maximum atomic E-state index is 12.6. The van der Waals surface area contributed by atoms with E-state index in [1.165, 1.54) is 19.2 Å². The van der Waals surface area contributed by atoms with E-state index >= 15 is 0 Å². The first-order valence-corrected chi connectivity index (χ1v) is 7.94. The van der Waals surface area contributed by atoms with E-state index in [1.54, 1.807) is 24.3 Å². The fraction of sp³-hybridized carbons (Fsp3) is 0.222. The maximum absolute atomic E-state index is 12.6. The van der Waals surface area contributed by atoms with E-state index in [0.29, 0.717) is 11.4 Å². The van der Waals surface area contributed by atoms with Crippen molar-refractivity contribution in [2.24, 2.45) is 0 Å². The number of carbonyl (C=O) groups excluding carboxylic acids is 2. The first-order valence-electron chi connectivity index (χ1n) is 7.94. The fourth-order valence-electron chi connectivity index (χ4n) is 2.14. The molecule has 3 N–H and O–H groups in total. The number of amides is 3. The summed E-state index contributed by atoms with van der Waals surface area (Å²) < 4.78 is 42.9. The lowest BCUT2D eigenvalue weighted by molar-refractivity contribution is -0.137. The molecule has 0 fully saturated rings. The number of ether oxygens (including phenoxy) is 1. The molecule has 0 saturated heterocycles. The summed E-state index contributed by atoms with van der Waals surface area (Å²) in [6.45, 7) is 0.0206. The third-order valence-electron chi connectivity index (χ3n) is 3.46. The molecule has 9 heteroatoms. The van der Waals surface area contributed by atoms with Gasteiger partial charge in [-0.3, -0.25) is 4.79 Å². The molecular formula is C18H18F3N3O3. The third kappa shape index (κ3) is 6.53. The van der Waals surface area contributed by atoms with Crippen LogP contribution in [0.2, 0.25) is 0 Å². The van der Waals surface area contributed by atoms with Crippen molar-refractivity contribution in [2.75, 3.05) is 24.3 Å². The topological polar surface area (TPSA) is 79.5 Å². The van der Waals surface area contributed by atoms with Gasteiger partial charge in [0.25, 0.3) is 0 Å². The SMILES string of the molecule is COc1ccc(NC(=O)NCCC(=O)Nc2cccc(C(F)(F)F)c2)cc1. The average molecular weight is 381 g/mol. The molecule has 0 aliphatic rings. The van der Waals surface area contributed by atoms with Crippen LogP contribution in [-0.2, 0) is 11.0 Å². The van der Waals surface area contributed by atoms with Gasteiger partial charge in [-0.05, 0) is 42.5 Å². The highest BCUT2D eigenvalue weighted by atomic mass is 19.4. The minimum Gasteiger partial charge on any atom is -0.497 e. The van der Waals surface area contributed by atoms with E-state index in [9.17, 15) is 22.8 Å². The Hall–Kier alpha value is -3.23. The van der Waals surface area contributed by atoms with Crippen molar-refractivity contribution in [3.8, 4) is 5.75 Å². The van der Waals surface area contributed by atoms with Crippen LogP contribution in [-0.4, -0.2) is 25.6 Å². The lowest BCUT2D eigenvalue weighted by Gasteiger charge is -2.10. The average Bonchev–Trinajstić information content (AvgIpc) is 2.62. The van der Waals surface area contributed by atoms with Crippen molar-refractivity contribution in [2.45, 2.75) is 12.6 Å². The zero-order valence-corrected chi connectivity index (χ0v) is 14.4. The minimum atomic E-state index is -4.48. The van der Waals surface area contributed by atoms with Gasteiger partial charge in [-0.15, -0.1) is 0 Å². The Kier molecular flexibility index (Phi) is 6.64. The van der Waals surface area contributed by atoms with Crippen molar-refractivity contribution >= 4 is 23.3 Å². The van der Waals surface area contributed by atoms with Gasteiger partial charge in [0.15, 0.2) is 0 Å². The summed E-state index contributed by atoms with van der Waals surface area (Å²) in [5.41, 5.74) is -0.267. The smallest absolute Gasteiger partial charge is 0.416 e. The molecule has 0 heterocycles. The predicted molar refractivity (Wildman–Crippen MR) is 94.7 cm³/mol. The van der Waals surface area contributed by atoms with Crippen LogP contribution in [0.25, 0.3) is 0 Å². The molecule has 0 bridgehead atoms. The number of hydrogen-bond donors (Lipinski definition) is 3. The molecule has 0 aromatic heterocycles. The van der Waals surface area contributed by atoms with Crippen molar-refractivity contribution in [1.82, 2.24) is 5.32 Å². The summed E-state index contributed by atoms with van der Waals surface area (Å²) in [4.78, 5) is 23.6. The molecule has 3 amide bonds. The highest BCUT2D eigenvalue weighted by Crippen LogP contribution is 2.30. The van der Waals surface area contributed by atoms with Gasteiger partial charge in [0.2, 0.25) is 5.91 Å². The molecule has 27 heavy (non-hydrogen) atoms. The van der Waals surface area contributed by atoms with E-state index < -0.39 is 23.7 Å². The van der Waals surface area contributed by atoms with Gasteiger partial charge in [-0.2, -0.15) is 13.2 Å². The Balaban J connectivity index is 1.76. The largest absolute Gasteiger partial charge is 0.497 e. The molecule has 2 aromatic rings. The lowest BCUT2D eigenvalue weighted by atomic mass is 10.2.